The van der Waals surface area contributed by atoms with Crippen LogP contribution < -0.4 is 5.73 Å². The molecule has 0 saturated heterocycles. The third-order valence-corrected chi connectivity index (χ3v) is 2.90. The lowest BCUT2D eigenvalue weighted by molar-refractivity contribution is 0.607. The molecule has 0 aliphatic heterocycles. The van der Waals surface area contributed by atoms with Gasteiger partial charge in [-0.15, -0.1) is 0 Å². The lowest BCUT2D eigenvalue weighted by atomic mass is 9.99. The first-order chi connectivity index (χ1) is 7.33. The molecule has 1 atom stereocenters. The van der Waals surface area contributed by atoms with Crippen LogP contribution >= 0.6 is 0 Å². The summed E-state index contributed by atoms with van der Waals surface area (Å²) in [4.78, 5) is 3.22. The van der Waals surface area contributed by atoms with Crippen molar-refractivity contribution in [1.29, 1.82) is 0 Å². The van der Waals surface area contributed by atoms with Crippen LogP contribution in [0.5, 0.6) is 0 Å². The molecular weight excluding hydrogens is 184 g/mol. The van der Waals surface area contributed by atoms with Crippen LogP contribution in [0.15, 0.2) is 30.5 Å². The van der Waals surface area contributed by atoms with E-state index in [1.807, 2.05) is 6.20 Å². The highest BCUT2D eigenvalue weighted by molar-refractivity contribution is 5.83. The second-order valence-electron chi connectivity index (χ2n) is 4.03. The fraction of sp³-hybridized carbons (Fsp3) is 0.385. The highest BCUT2D eigenvalue weighted by Crippen LogP contribution is 2.25. The van der Waals surface area contributed by atoms with Crippen LogP contribution in [0.3, 0.4) is 0 Å². The average molecular weight is 202 g/mol. The molecule has 0 aliphatic carbocycles. The van der Waals surface area contributed by atoms with Gasteiger partial charge in [0.1, 0.15) is 0 Å². The molecule has 0 radical (unpaired) electrons. The molecule has 0 aliphatic rings. The maximum absolute atomic E-state index is 6.19. The van der Waals surface area contributed by atoms with Crippen LogP contribution in [0.2, 0.25) is 0 Å². The molecule has 0 saturated carbocycles. The molecule has 0 amide bonds. The Morgan fingerprint density at radius 2 is 2.20 bits per heavy atom. The van der Waals surface area contributed by atoms with Gasteiger partial charge in [-0.2, -0.15) is 0 Å². The minimum absolute atomic E-state index is 0.171. The van der Waals surface area contributed by atoms with Crippen molar-refractivity contribution in [3.63, 3.8) is 0 Å². The largest absolute Gasteiger partial charge is 0.361 e. The SMILES string of the molecule is CCCC[C@H](N)c1cccc2[nH]ccc12. The molecule has 2 rings (SSSR count). The number of hydrogen-bond acceptors (Lipinski definition) is 1. The van der Waals surface area contributed by atoms with Crippen molar-refractivity contribution < 1.29 is 0 Å². The summed E-state index contributed by atoms with van der Waals surface area (Å²) < 4.78 is 0. The molecule has 1 heterocycles. The summed E-state index contributed by atoms with van der Waals surface area (Å²) in [5.74, 6) is 0. The van der Waals surface area contributed by atoms with Crippen molar-refractivity contribution in [2.75, 3.05) is 0 Å². The molecule has 0 bridgehead atoms. The molecule has 1 aromatic carbocycles. The maximum Gasteiger partial charge on any atom is 0.0457 e. The third kappa shape index (κ3) is 2.05. The zero-order chi connectivity index (χ0) is 10.7. The fourth-order valence-corrected chi connectivity index (χ4v) is 2.01. The van der Waals surface area contributed by atoms with Crippen LogP contribution in [0.25, 0.3) is 10.9 Å². The number of nitrogens with one attached hydrogen (secondary N) is 1. The molecule has 2 nitrogen and oxygen atoms in total. The zero-order valence-corrected chi connectivity index (χ0v) is 9.16. The minimum Gasteiger partial charge on any atom is -0.361 e. The van der Waals surface area contributed by atoms with Crippen LogP contribution in [0.1, 0.15) is 37.8 Å². The van der Waals surface area contributed by atoms with Gasteiger partial charge in [0.05, 0.1) is 0 Å². The quantitative estimate of drug-likeness (QED) is 0.784. The van der Waals surface area contributed by atoms with E-state index in [2.05, 4.69) is 36.2 Å². The van der Waals surface area contributed by atoms with Crippen molar-refractivity contribution >= 4 is 10.9 Å². The number of rotatable bonds is 4. The summed E-state index contributed by atoms with van der Waals surface area (Å²) in [6.07, 6.45) is 5.44. The Morgan fingerprint density at radius 1 is 1.33 bits per heavy atom. The molecule has 15 heavy (non-hydrogen) atoms. The lowest BCUT2D eigenvalue weighted by Gasteiger charge is -2.12. The van der Waals surface area contributed by atoms with Crippen molar-refractivity contribution in [1.82, 2.24) is 4.98 Å². The number of benzene rings is 1. The second-order valence-corrected chi connectivity index (χ2v) is 4.03. The summed E-state index contributed by atoms with van der Waals surface area (Å²) in [7, 11) is 0. The zero-order valence-electron chi connectivity index (χ0n) is 9.16. The molecular formula is C13H18N2. The molecule has 3 N–H and O–H groups in total. The van der Waals surface area contributed by atoms with Gasteiger partial charge in [0.25, 0.3) is 0 Å². The van der Waals surface area contributed by atoms with Crippen molar-refractivity contribution in [3.05, 3.63) is 36.0 Å². The highest BCUT2D eigenvalue weighted by Gasteiger charge is 2.09. The monoisotopic (exact) mass is 202 g/mol. The van der Waals surface area contributed by atoms with Gasteiger partial charge in [0, 0.05) is 23.1 Å². The Hall–Kier alpha value is -1.28. The van der Waals surface area contributed by atoms with E-state index >= 15 is 0 Å². The van der Waals surface area contributed by atoms with Crippen molar-refractivity contribution in [2.24, 2.45) is 5.73 Å². The van der Waals surface area contributed by atoms with Crippen molar-refractivity contribution in [3.8, 4) is 0 Å². The first kappa shape index (κ1) is 10.2. The van der Waals surface area contributed by atoms with E-state index in [0.717, 1.165) is 6.42 Å². The van der Waals surface area contributed by atoms with Crippen molar-refractivity contribution in [2.45, 2.75) is 32.2 Å². The predicted molar refractivity (Wildman–Crippen MR) is 64.8 cm³/mol. The predicted octanol–water partition coefficient (Wildman–Crippen LogP) is 3.36. The smallest absolute Gasteiger partial charge is 0.0457 e. The summed E-state index contributed by atoms with van der Waals surface area (Å²) in [6, 6.07) is 8.57. The highest BCUT2D eigenvalue weighted by atomic mass is 14.7. The number of nitrogens with two attached hydrogens (primary N) is 1. The van der Waals surface area contributed by atoms with E-state index in [1.165, 1.54) is 29.3 Å². The van der Waals surface area contributed by atoms with Crippen LogP contribution in [0, 0.1) is 0 Å². The van der Waals surface area contributed by atoms with Gasteiger partial charge in [-0.05, 0) is 24.1 Å². The van der Waals surface area contributed by atoms with Gasteiger partial charge in [0.2, 0.25) is 0 Å². The number of aromatic nitrogens is 1. The van der Waals surface area contributed by atoms with Gasteiger partial charge in [-0.3, -0.25) is 0 Å². The summed E-state index contributed by atoms with van der Waals surface area (Å²) in [5, 5.41) is 1.26. The number of fused-ring (bicyclic) bond motifs is 1. The first-order valence-corrected chi connectivity index (χ1v) is 5.64. The standard InChI is InChI=1S/C13H18N2/c1-2-3-6-12(14)10-5-4-7-13-11(10)8-9-15-13/h4-5,7-9,12,15H,2-3,6,14H2,1H3/t12-/m0/s1. The van der Waals surface area contributed by atoms with Crippen LogP contribution in [-0.4, -0.2) is 4.98 Å². The van der Waals surface area contributed by atoms with Gasteiger partial charge in [0.15, 0.2) is 0 Å². The molecule has 2 heteroatoms. The molecule has 0 spiro atoms. The Morgan fingerprint density at radius 3 is 3.00 bits per heavy atom. The van der Waals surface area contributed by atoms with Gasteiger partial charge < -0.3 is 10.7 Å². The Kier molecular flexibility index (Phi) is 3.07. The summed E-state index contributed by atoms with van der Waals surface area (Å²) in [5.41, 5.74) is 8.64. The normalized spacial score (nSPS) is 13.2. The van der Waals surface area contributed by atoms with Gasteiger partial charge >= 0.3 is 0 Å². The Balaban J connectivity index is 2.29. The Labute approximate surface area is 90.5 Å². The van der Waals surface area contributed by atoms with E-state index in [9.17, 15) is 0 Å². The van der Waals surface area contributed by atoms with E-state index in [1.54, 1.807) is 0 Å². The van der Waals surface area contributed by atoms with Crippen LogP contribution in [-0.2, 0) is 0 Å². The van der Waals surface area contributed by atoms with E-state index in [4.69, 9.17) is 5.73 Å². The summed E-state index contributed by atoms with van der Waals surface area (Å²) in [6.45, 7) is 2.20. The minimum atomic E-state index is 0.171. The molecule has 80 valence electrons. The fourth-order valence-electron chi connectivity index (χ4n) is 2.01. The van der Waals surface area contributed by atoms with E-state index < -0.39 is 0 Å². The number of unbranched alkanes of at least 4 members (excludes halogenated alkanes) is 1. The molecule has 0 unspecified atom stereocenters. The molecule has 0 fully saturated rings. The Bertz CT molecular complexity index is 431. The van der Waals surface area contributed by atoms with E-state index in [-0.39, 0.29) is 6.04 Å². The summed E-state index contributed by atoms with van der Waals surface area (Å²) >= 11 is 0. The van der Waals surface area contributed by atoms with Gasteiger partial charge in [-0.1, -0.05) is 31.9 Å². The second kappa shape index (κ2) is 4.49. The number of hydrogen-bond donors (Lipinski definition) is 2. The maximum atomic E-state index is 6.19. The average Bonchev–Trinajstić information content (AvgIpc) is 2.73. The van der Waals surface area contributed by atoms with E-state index in [0.29, 0.717) is 0 Å². The molecule has 1 aromatic heterocycles. The first-order valence-electron chi connectivity index (χ1n) is 5.64. The number of H-pyrrole nitrogens is 1. The van der Waals surface area contributed by atoms with Crippen LogP contribution in [0.4, 0.5) is 0 Å². The molecule has 2 aromatic rings. The van der Waals surface area contributed by atoms with Gasteiger partial charge in [-0.25, -0.2) is 0 Å². The topological polar surface area (TPSA) is 41.8 Å². The lowest BCUT2D eigenvalue weighted by Crippen LogP contribution is -2.10. The third-order valence-electron chi connectivity index (χ3n) is 2.90. The number of aromatic amines is 1.